The summed E-state index contributed by atoms with van der Waals surface area (Å²) in [6, 6.07) is 11.0. The number of carbonyl (C=O) groups excluding carboxylic acids is 5. The second-order valence-electron chi connectivity index (χ2n) is 21.0. The summed E-state index contributed by atoms with van der Waals surface area (Å²) in [6.07, 6.45) is -0.114. The fourth-order valence-corrected chi connectivity index (χ4v) is 8.92. The van der Waals surface area contributed by atoms with Crippen LogP contribution in [0, 0.1) is 17.3 Å². The highest BCUT2D eigenvalue weighted by Gasteiger charge is 2.67. The van der Waals surface area contributed by atoms with Gasteiger partial charge in [0.2, 0.25) is 5.91 Å². The Labute approximate surface area is 371 Å². The van der Waals surface area contributed by atoms with Gasteiger partial charge < -0.3 is 47.9 Å². The van der Waals surface area contributed by atoms with E-state index in [-0.39, 0.29) is 48.3 Å². The number of benzene rings is 2. The maximum atomic E-state index is 14.1. The SMILES string of the molecule is CC(C)(C)OC(=O)N[C@H](CC(=O)N1CC(Oc2ccc(CCB3O[C@@H]4C[C@@H]5C[C@@H](C5(C)C)[C@]4(C)O3)c(OC(=O)OC(C)(C)C)c2C(=O)OC(C)(C)C)C1)C(=O)OCc1ccccc1. The molecule has 2 bridgehead atoms. The molecule has 0 aromatic heterocycles. The fourth-order valence-electron chi connectivity index (χ4n) is 8.92. The Morgan fingerprint density at radius 3 is 2.13 bits per heavy atom. The third kappa shape index (κ3) is 11.7. The lowest BCUT2D eigenvalue weighted by Gasteiger charge is -2.64. The summed E-state index contributed by atoms with van der Waals surface area (Å²) in [5, 5.41) is 2.49. The Morgan fingerprint density at radius 2 is 1.51 bits per heavy atom. The molecule has 344 valence electrons. The summed E-state index contributed by atoms with van der Waals surface area (Å²) in [5.41, 5.74) is -1.77. The molecule has 2 aromatic rings. The van der Waals surface area contributed by atoms with Gasteiger partial charge in [-0.15, -0.1) is 0 Å². The van der Waals surface area contributed by atoms with Crippen molar-refractivity contribution >= 4 is 37.2 Å². The zero-order chi connectivity index (χ0) is 46.3. The molecule has 5 fully saturated rings. The molecule has 63 heavy (non-hydrogen) atoms. The molecule has 2 amide bonds. The second-order valence-corrected chi connectivity index (χ2v) is 21.0. The van der Waals surface area contributed by atoms with E-state index in [1.165, 1.54) is 4.90 Å². The number of carbonyl (C=O) groups is 5. The third-order valence-corrected chi connectivity index (χ3v) is 12.1. The normalized spacial score (nSPS) is 23.3. The van der Waals surface area contributed by atoms with Crippen molar-refractivity contribution in [2.45, 2.75) is 162 Å². The first-order valence-corrected chi connectivity index (χ1v) is 22.0. The van der Waals surface area contributed by atoms with Gasteiger partial charge in [-0.1, -0.05) is 50.2 Å². The topological polar surface area (TPSA) is 174 Å². The predicted octanol–water partition coefficient (Wildman–Crippen LogP) is 7.84. The van der Waals surface area contributed by atoms with Gasteiger partial charge in [-0.2, -0.15) is 0 Å². The quantitative estimate of drug-likeness (QED) is 0.0893. The van der Waals surface area contributed by atoms with E-state index in [1.54, 1.807) is 98.7 Å². The molecule has 0 radical (unpaired) electrons. The van der Waals surface area contributed by atoms with Crippen LogP contribution in [-0.4, -0.2) is 95.9 Å². The minimum Gasteiger partial charge on any atom is -0.486 e. The van der Waals surface area contributed by atoms with Gasteiger partial charge in [0.05, 0.1) is 31.2 Å². The average molecular weight is 877 g/mol. The van der Waals surface area contributed by atoms with Gasteiger partial charge in [0.15, 0.2) is 5.75 Å². The van der Waals surface area contributed by atoms with Crippen molar-refractivity contribution in [3.63, 3.8) is 0 Å². The Balaban J connectivity index is 1.19. The molecule has 2 aliphatic heterocycles. The molecule has 1 N–H and O–H groups in total. The molecule has 0 spiro atoms. The Bertz CT molecular complexity index is 2030. The molecule has 0 unspecified atom stereocenters. The molecule has 2 heterocycles. The van der Waals surface area contributed by atoms with Crippen molar-refractivity contribution in [2.24, 2.45) is 17.3 Å². The summed E-state index contributed by atoms with van der Waals surface area (Å²) in [4.78, 5) is 68.5. The lowest BCUT2D eigenvalue weighted by atomic mass is 9.43. The molecule has 3 aliphatic carbocycles. The summed E-state index contributed by atoms with van der Waals surface area (Å²) in [5.74, 6) is -1.06. The highest BCUT2D eigenvalue weighted by Crippen LogP contribution is 2.65. The monoisotopic (exact) mass is 876 g/mol. The zero-order valence-electron chi connectivity index (χ0n) is 38.9. The number of aryl methyl sites for hydroxylation is 1. The highest BCUT2D eigenvalue weighted by molar-refractivity contribution is 6.45. The molecule has 3 saturated carbocycles. The molecular weight excluding hydrogens is 811 g/mol. The van der Waals surface area contributed by atoms with Crippen molar-refractivity contribution in [3.8, 4) is 11.5 Å². The number of hydrogen-bond donors (Lipinski definition) is 1. The van der Waals surface area contributed by atoms with E-state index < -0.39 is 78.2 Å². The summed E-state index contributed by atoms with van der Waals surface area (Å²) in [6.45, 7) is 22.2. The van der Waals surface area contributed by atoms with E-state index in [9.17, 15) is 24.0 Å². The van der Waals surface area contributed by atoms with Crippen LogP contribution in [0.25, 0.3) is 0 Å². The van der Waals surface area contributed by atoms with Crippen LogP contribution in [0.5, 0.6) is 11.5 Å². The lowest BCUT2D eigenvalue weighted by Crippen LogP contribution is -2.65. The van der Waals surface area contributed by atoms with E-state index in [2.05, 4.69) is 26.1 Å². The number of likely N-dealkylation sites (tertiary alicyclic amines) is 1. The molecule has 5 aliphatic rings. The number of ether oxygens (including phenoxy) is 6. The molecular formula is C47H65BN2O13. The van der Waals surface area contributed by atoms with Gasteiger partial charge in [-0.3, -0.25) is 4.79 Å². The predicted molar refractivity (Wildman–Crippen MR) is 232 cm³/mol. The summed E-state index contributed by atoms with van der Waals surface area (Å²) < 4.78 is 47.7. The van der Waals surface area contributed by atoms with E-state index in [4.69, 9.17) is 37.7 Å². The molecule has 15 nitrogen and oxygen atoms in total. The van der Waals surface area contributed by atoms with Crippen molar-refractivity contribution < 1.29 is 61.7 Å². The Kier molecular flexibility index (Phi) is 13.6. The standard InChI is InChI=1S/C47H65BN2O13/c1-43(2,3)59-40(53)37-33(57-31-25-50(26-31)36(51)24-32(49-41(54)60-44(4,5)6)39(52)56-27-28-16-14-13-15-17-28)19-18-29(38(37)58-42(55)61-45(7,8)9)20-21-48-62-35-23-30-22-34(46(30,10)11)47(35,12)63-48/h13-19,30-32,34-35H,20-27H2,1-12H3,(H,49,54)/t30-,32+,34-,35+,47-/m0/s1. The Morgan fingerprint density at radius 1 is 0.857 bits per heavy atom. The number of nitrogens with one attached hydrogen (secondary N) is 1. The number of alkyl carbamates (subject to hydrolysis) is 1. The highest BCUT2D eigenvalue weighted by atomic mass is 16.7. The Hall–Kier alpha value is -4.83. The molecule has 2 aromatic carbocycles. The molecule has 7 rings (SSSR count). The molecule has 5 atom stereocenters. The molecule has 2 saturated heterocycles. The van der Waals surface area contributed by atoms with Crippen molar-refractivity contribution in [1.82, 2.24) is 10.2 Å². The van der Waals surface area contributed by atoms with Crippen LogP contribution >= 0.6 is 0 Å². The van der Waals surface area contributed by atoms with Crippen molar-refractivity contribution in [2.75, 3.05) is 13.1 Å². The van der Waals surface area contributed by atoms with Crippen LogP contribution in [0.15, 0.2) is 42.5 Å². The van der Waals surface area contributed by atoms with Crippen LogP contribution in [-0.2, 0) is 50.9 Å². The largest absolute Gasteiger partial charge is 0.514 e. The first-order chi connectivity index (χ1) is 29.2. The number of amides is 2. The van der Waals surface area contributed by atoms with Gasteiger partial charge in [0, 0.05) is 0 Å². The third-order valence-electron chi connectivity index (χ3n) is 12.1. The van der Waals surface area contributed by atoms with Crippen LogP contribution in [0.2, 0.25) is 6.32 Å². The summed E-state index contributed by atoms with van der Waals surface area (Å²) >= 11 is 0. The molecule has 16 heteroatoms. The minimum atomic E-state index is -1.33. The van der Waals surface area contributed by atoms with Crippen molar-refractivity contribution in [3.05, 3.63) is 59.2 Å². The van der Waals surface area contributed by atoms with Gasteiger partial charge in [-0.25, -0.2) is 19.2 Å². The van der Waals surface area contributed by atoms with Crippen molar-refractivity contribution in [1.29, 1.82) is 0 Å². The number of hydrogen-bond acceptors (Lipinski definition) is 13. The fraction of sp³-hybridized carbons (Fsp3) is 0.638. The van der Waals surface area contributed by atoms with Gasteiger partial charge in [0.1, 0.15) is 46.9 Å². The number of rotatable bonds is 13. The van der Waals surface area contributed by atoms with E-state index in [0.29, 0.717) is 30.1 Å². The second kappa shape index (κ2) is 18.0. The van der Waals surface area contributed by atoms with Crippen LogP contribution < -0.4 is 14.8 Å². The van der Waals surface area contributed by atoms with E-state index in [0.717, 1.165) is 18.4 Å². The average Bonchev–Trinajstić information content (AvgIpc) is 3.48. The maximum absolute atomic E-state index is 14.1. The number of nitrogens with zero attached hydrogens (tertiary/aromatic N) is 1. The van der Waals surface area contributed by atoms with E-state index in [1.807, 2.05) is 6.07 Å². The van der Waals surface area contributed by atoms with Crippen LogP contribution in [0.1, 0.15) is 124 Å². The zero-order valence-corrected chi connectivity index (χ0v) is 38.9. The van der Waals surface area contributed by atoms with Gasteiger partial charge >= 0.3 is 31.3 Å². The van der Waals surface area contributed by atoms with Gasteiger partial charge in [-0.05, 0) is 129 Å². The van der Waals surface area contributed by atoms with Crippen LogP contribution in [0.4, 0.5) is 9.59 Å². The lowest BCUT2D eigenvalue weighted by molar-refractivity contribution is -0.199. The number of esters is 2. The minimum absolute atomic E-state index is 0.0145. The van der Waals surface area contributed by atoms with Crippen LogP contribution in [0.3, 0.4) is 0 Å². The summed E-state index contributed by atoms with van der Waals surface area (Å²) in [7, 11) is -0.506. The first kappa shape index (κ1) is 47.6. The van der Waals surface area contributed by atoms with E-state index >= 15 is 0 Å². The smallest absolute Gasteiger partial charge is 0.486 e. The maximum Gasteiger partial charge on any atom is 0.514 e. The first-order valence-electron chi connectivity index (χ1n) is 22.0. The van der Waals surface area contributed by atoms with Gasteiger partial charge in [0.25, 0.3) is 0 Å².